The quantitative estimate of drug-likeness (QED) is 0.822. The lowest BCUT2D eigenvalue weighted by atomic mass is 10.2. The van der Waals surface area contributed by atoms with Crippen molar-refractivity contribution >= 4 is 28.6 Å². The van der Waals surface area contributed by atoms with Gasteiger partial charge in [-0.1, -0.05) is 12.1 Å². The second kappa shape index (κ2) is 6.10. The third-order valence-electron chi connectivity index (χ3n) is 2.67. The van der Waals surface area contributed by atoms with Gasteiger partial charge in [-0.3, -0.25) is 0 Å². The monoisotopic (exact) mass is 371 g/mol. The average Bonchev–Trinajstić information content (AvgIpc) is 2.71. The summed E-state index contributed by atoms with van der Waals surface area (Å²) < 4.78 is 8.22. The molecular weight excluding hydrogens is 357 g/mol. The highest BCUT2D eigenvalue weighted by Crippen LogP contribution is 2.14. The highest BCUT2D eigenvalue weighted by Gasteiger charge is 2.11. The Morgan fingerprint density at radius 1 is 1.42 bits per heavy atom. The molecule has 0 amide bonds. The fraction of sp³-hybridized carbons (Fsp3) is 0.214. The number of carboxylic acid groups (broad SMARTS) is 1. The summed E-state index contributed by atoms with van der Waals surface area (Å²) >= 11 is 2.10. The van der Waals surface area contributed by atoms with Crippen LogP contribution in [-0.4, -0.2) is 22.2 Å². The minimum Gasteiger partial charge on any atom is -0.492 e. The van der Waals surface area contributed by atoms with E-state index in [4.69, 9.17) is 9.84 Å². The summed E-state index contributed by atoms with van der Waals surface area (Å²) in [6.07, 6.45) is 1.81. The molecule has 1 heterocycles. The molecular formula is C14H14INO3. The number of carbonyl (C=O) groups is 1. The van der Waals surface area contributed by atoms with Crippen molar-refractivity contribution in [2.75, 3.05) is 6.61 Å². The van der Waals surface area contributed by atoms with Crippen LogP contribution >= 0.6 is 22.6 Å². The summed E-state index contributed by atoms with van der Waals surface area (Å²) in [6.45, 7) is 2.96. The molecule has 0 spiro atoms. The van der Waals surface area contributed by atoms with Crippen molar-refractivity contribution in [1.29, 1.82) is 0 Å². The summed E-state index contributed by atoms with van der Waals surface area (Å²) in [5, 5.41) is 9.07. The van der Waals surface area contributed by atoms with Crippen molar-refractivity contribution in [3.63, 3.8) is 0 Å². The highest BCUT2D eigenvalue weighted by molar-refractivity contribution is 14.1. The molecule has 0 saturated carbocycles. The van der Waals surface area contributed by atoms with E-state index in [1.165, 1.54) is 0 Å². The van der Waals surface area contributed by atoms with Gasteiger partial charge in [0.2, 0.25) is 0 Å². The van der Waals surface area contributed by atoms with Gasteiger partial charge in [-0.05, 0) is 53.3 Å². The highest BCUT2D eigenvalue weighted by atomic mass is 127. The fourth-order valence-electron chi connectivity index (χ4n) is 1.81. The Hall–Kier alpha value is -1.50. The number of hydrogen-bond donors (Lipinski definition) is 1. The van der Waals surface area contributed by atoms with Crippen LogP contribution in [0, 0.1) is 10.5 Å². The summed E-state index contributed by atoms with van der Waals surface area (Å²) in [5.41, 5.74) is 1.43. The largest absolute Gasteiger partial charge is 0.492 e. The van der Waals surface area contributed by atoms with Crippen molar-refractivity contribution in [2.45, 2.75) is 13.5 Å². The molecule has 0 aliphatic heterocycles. The van der Waals surface area contributed by atoms with E-state index in [1.54, 1.807) is 10.6 Å². The minimum absolute atomic E-state index is 0.289. The zero-order valence-corrected chi connectivity index (χ0v) is 12.6. The lowest BCUT2D eigenvalue weighted by Crippen LogP contribution is -2.13. The second-order valence-electron chi connectivity index (χ2n) is 4.21. The number of carboxylic acids is 1. The molecule has 0 bridgehead atoms. The molecule has 2 aromatic rings. The predicted octanol–water partition coefficient (Wildman–Crippen LogP) is 3.18. The first kappa shape index (κ1) is 13.9. The Labute approximate surface area is 125 Å². The van der Waals surface area contributed by atoms with Gasteiger partial charge in [0.25, 0.3) is 0 Å². The van der Waals surface area contributed by atoms with E-state index in [9.17, 15) is 4.79 Å². The first-order valence-electron chi connectivity index (χ1n) is 5.84. The van der Waals surface area contributed by atoms with Crippen LogP contribution in [0.5, 0.6) is 5.75 Å². The molecule has 0 saturated heterocycles. The topological polar surface area (TPSA) is 51.5 Å². The molecule has 0 radical (unpaired) electrons. The van der Waals surface area contributed by atoms with Crippen LogP contribution in [0.4, 0.5) is 0 Å². The normalized spacial score (nSPS) is 10.4. The molecule has 0 unspecified atom stereocenters. The Bertz CT molecular complexity index is 592. The van der Waals surface area contributed by atoms with E-state index in [2.05, 4.69) is 22.6 Å². The Morgan fingerprint density at radius 3 is 2.89 bits per heavy atom. The summed E-state index contributed by atoms with van der Waals surface area (Å²) in [7, 11) is 0. The summed E-state index contributed by atoms with van der Waals surface area (Å²) in [5.74, 6) is -0.114. The van der Waals surface area contributed by atoms with Crippen LogP contribution in [0.25, 0.3) is 0 Å². The molecule has 1 aromatic heterocycles. The van der Waals surface area contributed by atoms with Gasteiger partial charge in [0.1, 0.15) is 18.1 Å². The van der Waals surface area contributed by atoms with Crippen molar-refractivity contribution in [3.8, 4) is 5.75 Å². The van der Waals surface area contributed by atoms with E-state index >= 15 is 0 Å². The van der Waals surface area contributed by atoms with Gasteiger partial charge in [-0.2, -0.15) is 0 Å². The third-order valence-corrected chi connectivity index (χ3v) is 3.26. The van der Waals surface area contributed by atoms with Gasteiger partial charge in [-0.25, -0.2) is 4.79 Å². The number of hydrogen-bond acceptors (Lipinski definition) is 2. The van der Waals surface area contributed by atoms with Gasteiger partial charge in [0, 0.05) is 9.77 Å². The molecule has 0 fully saturated rings. The summed E-state index contributed by atoms with van der Waals surface area (Å²) in [6, 6.07) is 9.44. The molecule has 0 aliphatic rings. The summed E-state index contributed by atoms with van der Waals surface area (Å²) in [4.78, 5) is 11.0. The Morgan fingerprint density at radius 2 is 2.21 bits per heavy atom. The van der Waals surface area contributed by atoms with Gasteiger partial charge in [0.15, 0.2) is 0 Å². The molecule has 4 nitrogen and oxygen atoms in total. The van der Waals surface area contributed by atoms with Crippen LogP contribution in [0.1, 0.15) is 16.1 Å². The molecule has 1 aromatic carbocycles. The zero-order chi connectivity index (χ0) is 13.8. The standard InChI is InChI=1S/C14H14INO3/c1-10-3-2-4-12(7-10)19-6-5-16-9-11(15)8-13(16)14(17)18/h2-4,7-9H,5-6H2,1H3,(H,17,18). The van der Waals surface area contributed by atoms with Crippen molar-refractivity contribution in [2.24, 2.45) is 0 Å². The maximum absolute atomic E-state index is 11.0. The van der Waals surface area contributed by atoms with Crippen molar-refractivity contribution < 1.29 is 14.6 Å². The Kier molecular flexibility index (Phi) is 4.47. The second-order valence-corrected chi connectivity index (χ2v) is 5.45. The number of nitrogens with zero attached hydrogens (tertiary/aromatic N) is 1. The van der Waals surface area contributed by atoms with E-state index < -0.39 is 5.97 Å². The first-order valence-corrected chi connectivity index (χ1v) is 6.92. The molecule has 0 atom stereocenters. The number of halogens is 1. The van der Waals surface area contributed by atoms with Crippen molar-refractivity contribution in [1.82, 2.24) is 4.57 Å². The van der Waals surface area contributed by atoms with Crippen molar-refractivity contribution in [3.05, 3.63) is 51.4 Å². The number of aromatic nitrogens is 1. The van der Waals surface area contributed by atoms with Gasteiger partial charge < -0.3 is 14.4 Å². The smallest absolute Gasteiger partial charge is 0.352 e. The number of rotatable bonds is 5. The van der Waals surface area contributed by atoms with Crippen LogP contribution in [0.2, 0.25) is 0 Å². The number of ether oxygens (including phenoxy) is 1. The first-order chi connectivity index (χ1) is 9.06. The van der Waals surface area contributed by atoms with Crippen LogP contribution in [0.3, 0.4) is 0 Å². The van der Waals surface area contributed by atoms with Crippen LogP contribution < -0.4 is 4.74 Å². The zero-order valence-electron chi connectivity index (χ0n) is 10.5. The molecule has 1 N–H and O–H groups in total. The molecule has 2 rings (SSSR count). The predicted molar refractivity (Wildman–Crippen MR) is 80.8 cm³/mol. The van der Waals surface area contributed by atoms with Gasteiger partial charge in [0.05, 0.1) is 6.54 Å². The molecule has 100 valence electrons. The van der Waals surface area contributed by atoms with E-state index in [1.807, 2.05) is 37.4 Å². The number of aryl methyl sites for hydroxylation is 1. The third kappa shape index (κ3) is 3.73. The molecule has 5 heteroatoms. The fourth-order valence-corrected chi connectivity index (χ4v) is 2.44. The lowest BCUT2D eigenvalue weighted by molar-refractivity contribution is 0.0684. The van der Waals surface area contributed by atoms with E-state index in [-0.39, 0.29) is 5.69 Å². The number of aromatic carboxylic acids is 1. The Balaban J connectivity index is 1.98. The van der Waals surface area contributed by atoms with E-state index in [0.717, 1.165) is 14.9 Å². The van der Waals surface area contributed by atoms with Crippen LogP contribution in [0.15, 0.2) is 36.5 Å². The van der Waals surface area contributed by atoms with Crippen LogP contribution in [-0.2, 0) is 6.54 Å². The number of benzene rings is 1. The maximum Gasteiger partial charge on any atom is 0.352 e. The SMILES string of the molecule is Cc1cccc(OCCn2cc(I)cc2C(=O)O)c1. The minimum atomic E-state index is -0.918. The molecule has 0 aliphatic carbocycles. The average molecular weight is 371 g/mol. The molecule has 19 heavy (non-hydrogen) atoms. The van der Waals surface area contributed by atoms with Gasteiger partial charge >= 0.3 is 5.97 Å². The van der Waals surface area contributed by atoms with E-state index in [0.29, 0.717) is 13.2 Å². The lowest BCUT2D eigenvalue weighted by Gasteiger charge is -2.09. The maximum atomic E-state index is 11.0. The van der Waals surface area contributed by atoms with Gasteiger partial charge in [-0.15, -0.1) is 0 Å².